The molecule has 0 saturated heterocycles. The molecule has 0 aliphatic carbocycles. The Morgan fingerprint density at radius 2 is 1.78 bits per heavy atom. The molecule has 0 fully saturated rings. The second-order valence-corrected chi connectivity index (χ2v) is 8.27. The van der Waals surface area contributed by atoms with E-state index in [0.717, 1.165) is 10.5 Å². The van der Waals surface area contributed by atoms with E-state index in [4.69, 9.17) is 0 Å². The van der Waals surface area contributed by atoms with Gasteiger partial charge in [0.2, 0.25) is 0 Å². The average Bonchev–Trinajstić information content (AvgIpc) is 3.01. The normalized spacial score (nSPS) is 12.2. The van der Waals surface area contributed by atoms with Crippen molar-refractivity contribution in [3.8, 4) is 5.69 Å². The lowest BCUT2D eigenvalue weighted by molar-refractivity contribution is -0.137. The SMILES string of the molecule is Cc1cc(C=Nn2c(C)nc3ccc(Br)cc3c2=O)c(C)n1-c1ccccc1C(F)(F)F. The molecular formula is C23H18BrF3N4O. The number of aromatic nitrogens is 3. The van der Waals surface area contributed by atoms with E-state index in [0.29, 0.717) is 33.7 Å². The van der Waals surface area contributed by atoms with Gasteiger partial charge in [-0.25, -0.2) is 4.98 Å². The van der Waals surface area contributed by atoms with Crippen molar-refractivity contribution in [2.75, 3.05) is 0 Å². The summed E-state index contributed by atoms with van der Waals surface area (Å²) in [6.07, 6.45) is -3.02. The molecule has 2 aromatic carbocycles. The number of para-hydroxylation sites is 1. The number of aryl methyl sites for hydroxylation is 2. The lowest BCUT2D eigenvalue weighted by Crippen LogP contribution is -2.20. The van der Waals surface area contributed by atoms with Gasteiger partial charge in [0.15, 0.2) is 0 Å². The highest BCUT2D eigenvalue weighted by atomic mass is 79.9. The number of fused-ring (bicyclic) bond motifs is 1. The Bertz CT molecular complexity index is 1430. The van der Waals surface area contributed by atoms with Crippen molar-refractivity contribution in [1.29, 1.82) is 0 Å². The van der Waals surface area contributed by atoms with E-state index in [1.54, 1.807) is 51.1 Å². The third-order valence-electron chi connectivity index (χ3n) is 5.20. The van der Waals surface area contributed by atoms with E-state index in [1.807, 2.05) is 0 Å². The van der Waals surface area contributed by atoms with Gasteiger partial charge in [-0.05, 0) is 57.2 Å². The second kappa shape index (κ2) is 8.05. The van der Waals surface area contributed by atoms with E-state index < -0.39 is 11.7 Å². The minimum absolute atomic E-state index is 0.0419. The minimum Gasteiger partial charge on any atom is -0.317 e. The molecule has 2 heterocycles. The van der Waals surface area contributed by atoms with Crippen LogP contribution in [0.15, 0.2) is 62.9 Å². The van der Waals surface area contributed by atoms with Crippen LogP contribution >= 0.6 is 15.9 Å². The third kappa shape index (κ3) is 3.88. The Labute approximate surface area is 190 Å². The average molecular weight is 503 g/mol. The Balaban J connectivity index is 1.82. The molecule has 32 heavy (non-hydrogen) atoms. The van der Waals surface area contributed by atoms with E-state index in [9.17, 15) is 18.0 Å². The van der Waals surface area contributed by atoms with Crippen molar-refractivity contribution in [3.05, 3.63) is 91.7 Å². The Morgan fingerprint density at radius 3 is 2.50 bits per heavy atom. The van der Waals surface area contributed by atoms with Gasteiger partial charge in [-0.15, -0.1) is 0 Å². The highest BCUT2D eigenvalue weighted by Gasteiger charge is 2.34. The fourth-order valence-corrected chi connectivity index (χ4v) is 4.07. The highest BCUT2D eigenvalue weighted by Crippen LogP contribution is 2.35. The second-order valence-electron chi connectivity index (χ2n) is 7.36. The first-order chi connectivity index (χ1) is 15.1. The van der Waals surface area contributed by atoms with Crippen LogP contribution in [0.4, 0.5) is 13.2 Å². The van der Waals surface area contributed by atoms with E-state index in [2.05, 4.69) is 26.0 Å². The molecule has 0 aliphatic heterocycles. The van der Waals surface area contributed by atoms with Gasteiger partial charge in [0.05, 0.1) is 28.4 Å². The number of hydrogen-bond acceptors (Lipinski definition) is 3. The van der Waals surface area contributed by atoms with Gasteiger partial charge < -0.3 is 4.57 Å². The zero-order valence-electron chi connectivity index (χ0n) is 17.4. The highest BCUT2D eigenvalue weighted by molar-refractivity contribution is 9.10. The lowest BCUT2D eigenvalue weighted by Gasteiger charge is -2.16. The molecule has 0 saturated carbocycles. The molecule has 0 spiro atoms. The monoisotopic (exact) mass is 502 g/mol. The predicted octanol–water partition coefficient (Wildman–Crippen LogP) is 5.78. The molecule has 2 aromatic heterocycles. The van der Waals surface area contributed by atoms with Gasteiger partial charge in [-0.3, -0.25) is 4.79 Å². The molecule has 0 N–H and O–H groups in total. The number of nitrogens with zero attached hydrogens (tertiary/aromatic N) is 4. The van der Waals surface area contributed by atoms with Gasteiger partial charge in [-0.2, -0.15) is 22.9 Å². The fourth-order valence-electron chi connectivity index (χ4n) is 3.71. The maximum Gasteiger partial charge on any atom is 0.418 e. The molecule has 0 amide bonds. The number of hydrogen-bond donors (Lipinski definition) is 0. The first kappa shape index (κ1) is 22.0. The van der Waals surface area contributed by atoms with E-state index in [-0.39, 0.29) is 11.2 Å². The predicted molar refractivity (Wildman–Crippen MR) is 122 cm³/mol. The molecule has 9 heteroatoms. The van der Waals surface area contributed by atoms with Crippen LogP contribution in [0.5, 0.6) is 0 Å². The summed E-state index contributed by atoms with van der Waals surface area (Å²) in [5, 5.41) is 4.71. The fraction of sp³-hybridized carbons (Fsp3) is 0.174. The van der Waals surface area contributed by atoms with Crippen molar-refractivity contribution >= 4 is 33.0 Å². The van der Waals surface area contributed by atoms with Crippen LogP contribution in [-0.4, -0.2) is 20.4 Å². The van der Waals surface area contributed by atoms with Crippen LogP contribution < -0.4 is 5.56 Å². The van der Waals surface area contributed by atoms with Crippen LogP contribution in [0.3, 0.4) is 0 Å². The topological polar surface area (TPSA) is 52.2 Å². The van der Waals surface area contributed by atoms with Crippen molar-refractivity contribution in [1.82, 2.24) is 14.2 Å². The minimum atomic E-state index is -4.48. The molecule has 0 radical (unpaired) electrons. The molecule has 5 nitrogen and oxygen atoms in total. The van der Waals surface area contributed by atoms with E-state index >= 15 is 0 Å². The van der Waals surface area contributed by atoms with Crippen molar-refractivity contribution in [2.24, 2.45) is 5.10 Å². The van der Waals surface area contributed by atoms with Gasteiger partial charge in [-0.1, -0.05) is 28.1 Å². The standard InChI is InChI=1S/C23H18BrF3N4O/c1-13-10-16(14(2)30(13)21-7-5-4-6-19(21)23(25,26)27)12-28-31-15(3)29-20-9-8-17(24)11-18(20)22(31)32/h4-12H,1-3H3. The zero-order valence-corrected chi connectivity index (χ0v) is 19.0. The Kier molecular flexibility index (Phi) is 5.54. The van der Waals surface area contributed by atoms with Crippen LogP contribution in [0.2, 0.25) is 0 Å². The lowest BCUT2D eigenvalue weighted by atomic mass is 10.1. The molecule has 0 unspecified atom stereocenters. The van der Waals surface area contributed by atoms with Crippen molar-refractivity contribution in [3.63, 3.8) is 0 Å². The van der Waals surface area contributed by atoms with Crippen LogP contribution in [0.25, 0.3) is 16.6 Å². The Hall–Kier alpha value is -3.20. The molecule has 4 aromatic rings. The smallest absolute Gasteiger partial charge is 0.317 e. The molecule has 0 aliphatic rings. The summed E-state index contributed by atoms with van der Waals surface area (Å²) in [6, 6.07) is 12.4. The Morgan fingerprint density at radius 1 is 1.06 bits per heavy atom. The van der Waals surface area contributed by atoms with E-state index in [1.165, 1.54) is 27.6 Å². The molecule has 164 valence electrons. The summed E-state index contributed by atoms with van der Waals surface area (Å²) in [7, 11) is 0. The van der Waals surface area contributed by atoms with Crippen LogP contribution in [-0.2, 0) is 6.18 Å². The van der Waals surface area contributed by atoms with Crippen molar-refractivity contribution < 1.29 is 13.2 Å². The largest absolute Gasteiger partial charge is 0.418 e. The summed E-state index contributed by atoms with van der Waals surface area (Å²) in [6.45, 7) is 5.11. The van der Waals surface area contributed by atoms with Crippen molar-refractivity contribution in [2.45, 2.75) is 26.9 Å². The summed E-state index contributed by atoms with van der Waals surface area (Å²) in [4.78, 5) is 17.3. The third-order valence-corrected chi connectivity index (χ3v) is 5.70. The summed E-state index contributed by atoms with van der Waals surface area (Å²) < 4.78 is 44.1. The molecular weight excluding hydrogens is 485 g/mol. The number of rotatable bonds is 3. The maximum atomic E-state index is 13.5. The molecule has 4 rings (SSSR count). The zero-order chi connectivity index (χ0) is 23.2. The van der Waals surface area contributed by atoms with Crippen LogP contribution in [0, 0.1) is 20.8 Å². The summed E-state index contributed by atoms with van der Waals surface area (Å²) in [5.41, 5.74) is 1.34. The molecule has 0 bridgehead atoms. The van der Waals surface area contributed by atoms with Gasteiger partial charge in [0.1, 0.15) is 5.82 Å². The first-order valence-corrected chi connectivity index (χ1v) is 10.5. The molecule has 0 atom stereocenters. The van der Waals surface area contributed by atoms with Gasteiger partial charge >= 0.3 is 6.18 Å². The van der Waals surface area contributed by atoms with Gasteiger partial charge in [0.25, 0.3) is 5.56 Å². The number of halogens is 4. The number of alkyl halides is 3. The quantitative estimate of drug-likeness (QED) is 0.333. The van der Waals surface area contributed by atoms with Gasteiger partial charge in [0, 0.05) is 21.4 Å². The summed E-state index contributed by atoms with van der Waals surface area (Å²) >= 11 is 3.35. The number of benzene rings is 2. The first-order valence-electron chi connectivity index (χ1n) is 9.66. The maximum absolute atomic E-state index is 13.5. The summed E-state index contributed by atoms with van der Waals surface area (Å²) in [5.74, 6) is 0.400. The van der Waals surface area contributed by atoms with Crippen LogP contribution in [0.1, 0.15) is 28.3 Å².